The van der Waals surface area contributed by atoms with E-state index >= 15 is 0 Å². The van der Waals surface area contributed by atoms with Crippen LogP contribution in [0, 0.1) is 6.92 Å². The monoisotopic (exact) mass is 316 g/mol. The molecule has 0 aliphatic heterocycles. The van der Waals surface area contributed by atoms with E-state index < -0.39 is 5.97 Å². The van der Waals surface area contributed by atoms with Gasteiger partial charge in [0.15, 0.2) is 12.4 Å². The van der Waals surface area contributed by atoms with Crippen LogP contribution in [-0.4, -0.2) is 51.2 Å². The third-order valence-electron chi connectivity index (χ3n) is 3.54. The molecule has 0 fully saturated rings. The number of nitrogens with zero attached hydrogens (tertiary/aromatic N) is 4. The predicted octanol–water partition coefficient (Wildman–Crippen LogP) is 1.60. The van der Waals surface area contributed by atoms with Gasteiger partial charge in [-0.2, -0.15) is 5.10 Å². The fraction of sp³-hybridized carbons (Fsp3) is 0.375. The van der Waals surface area contributed by atoms with E-state index in [9.17, 15) is 9.59 Å². The van der Waals surface area contributed by atoms with Crippen LogP contribution >= 0.6 is 0 Å². The Bertz CT molecular complexity index is 678. The van der Waals surface area contributed by atoms with E-state index in [-0.39, 0.29) is 12.5 Å². The third kappa shape index (κ3) is 3.74. The van der Waals surface area contributed by atoms with Crippen molar-refractivity contribution in [1.82, 2.24) is 19.7 Å². The van der Waals surface area contributed by atoms with E-state index in [1.54, 1.807) is 34.8 Å². The summed E-state index contributed by atoms with van der Waals surface area (Å²) in [6, 6.07) is 5.43. The van der Waals surface area contributed by atoms with Crippen molar-refractivity contribution in [3.8, 4) is 5.82 Å². The molecule has 0 aromatic carbocycles. The van der Waals surface area contributed by atoms with Gasteiger partial charge in [0.1, 0.15) is 5.56 Å². The molecule has 0 spiro atoms. The summed E-state index contributed by atoms with van der Waals surface area (Å²) in [6.45, 7) is 6.42. The molecular formula is C16H20N4O3. The Labute approximate surface area is 134 Å². The zero-order chi connectivity index (χ0) is 16.8. The molecule has 0 saturated heterocycles. The maximum atomic E-state index is 12.1. The van der Waals surface area contributed by atoms with Crippen LogP contribution in [-0.2, 0) is 9.53 Å². The SMILES string of the molecule is CCN(CC)C(=O)COC(=O)c1cnn(-c2ccccn2)c1C. The highest BCUT2D eigenvalue weighted by atomic mass is 16.5. The molecule has 23 heavy (non-hydrogen) atoms. The lowest BCUT2D eigenvalue weighted by Gasteiger charge is -2.18. The minimum atomic E-state index is -0.565. The van der Waals surface area contributed by atoms with E-state index in [2.05, 4.69) is 10.1 Å². The normalized spacial score (nSPS) is 10.4. The van der Waals surface area contributed by atoms with Crippen LogP contribution < -0.4 is 0 Å². The average Bonchev–Trinajstić information content (AvgIpc) is 2.96. The molecule has 0 aliphatic carbocycles. The van der Waals surface area contributed by atoms with Gasteiger partial charge in [0.25, 0.3) is 5.91 Å². The molecule has 0 unspecified atom stereocenters. The van der Waals surface area contributed by atoms with Crippen molar-refractivity contribution in [2.45, 2.75) is 20.8 Å². The van der Waals surface area contributed by atoms with Gasteiger partial charge in [0, 0.05) is 19.3 Å². The first kappa shape index (κ1) is 16.7. The molecule has 122 valence electrons. The smallest absolute Gasteiger partial charge is 0.342 e. The summed E-state index contributed by atoms with van der Waals surface area (Å²) in [6.07, 6.45) is 3.07. The zero-order valence-electron chi connectivity index (χ0n) is 13.5. The van der Waals surface area contributed by atoms with Crippen LogP contribution in [0.15, 0.2) is 30.6 Å². The van der Waals surface area contributed by atoms with Crippen LogP contribution in [0.5, 0.6) is 0 Å². The van der Waals surface area contributed by atoms with Gasteiger partial charge >= 0.3 is 5.97 Å². The Hall–Kier alpha value is -2.70. The number of rotatable bonds is 6. The molecule has 2 aromatic heterocycles. The number of esters is 1. The van der Waals surface area contributed by atoms with Crippen molar-refractivity contribution in [3.63, 3.8) is 0 Å². The van der Waals surface area contributed by atoms with Crippen molar-refractivity contribution >= 4 is 11.9 Å². The van der Waals surface area contributed by atoms with Crippen LogP contribution in [0.3, 0.4) is 0 Å². The maximum Gasteiger partial charge on any atom is 0.342 e. The lowest BCUT2D eigenvalue weighted by atomic mass is 10.2. The molecule has 1 amide bonds. The van der Waals surface area contributed by atoms with E-state index in [0.29, 0.717) is 30.2 Å². The Morgan fingerprint density at radius 1 is 1.26 bits per heavy atom. The fourth-order valence-electron chi connectivity index (χ4n) is 2.19. The van der Waals surface area contributed by atoms with Gasteiger partial charge in [-0.25, -0.2) is 14.5 Å². The number of aromatic nitrogens is 3. The van der Waals surface area contributed by atoms with Gasteiger partial charge in [0.2, 0.25) is 0 Å². The lowest BCUT2D eigenvalue weighted by molar-refractivity contribution is -0.134. The van der Waals surface area contributed by atoms with Gasteiger partial charge < -0.3 is 9.64 Å². The van der Waals surface area contributed by atoms with Gasteiger partial charge in [-0.15, -0.1) is 0 Å². The number of carbonyl (C=O) groups excluding carboxylic acids is 2. The number of hydrogen-bond donors (Lipinski definition) is 0. The highest BCUT2D eigenvalue weighted by Gasteiger charge is 2.19. The van der Waals surface area contributed by atoms with Crippen LogP contribution in [0.2, 0.25) is 0 Å². The molecule has 0 N–H and O–H groups in total. The van der Waals surface area contributed by atoms with E-state index in [0.717, 1.165) is 0 Å². The molecular weight excluding hydrogens is 296 g/mol. The first-order valence-corrected chi connectivity index (χ1v) is 7.49. The Kier molecular flexibility index (Phi) is 5.46. The van der Waals surface area contributed by atoms with Crippen molar-refractivity contribution in [2.24, 2.45) is 0 Å². The van der Waals surface area contributed by atoms with Crippen LogP contribution in [0.25, 0.3) is 5.82 Å². The molecule has 0 bridgehead atoms. The minimum absolute atomic E-state index is 0.210. The van der Waals surface area contributed by atoms with E-state index in [1.165, 1.54) is 6.20 Å². The molecule has 2 aromatic rings. The molecule has 0 aliphatic rings. The molecule has 7 heteroatoms. The lowest BCUT2D eigenvalue weighted by Crippen LogP contribution is -2.34. The second-order valence-electron chi connectivity index (χ2n) is 4.89. The number of pyridine rings is 1. The third-order valence-corrected chi connectivity index (χ3v) is 3.54. The van der Waals surface area contributed by atoms with Crippen LogP contribution in [0.4, 0.5) is 0 Å². The van der Waals surface area contributed by atoms with E-state index in [1.807, 2.05) is 19.9 Å². The number of amides is 1. The van der Waals surface area contributed by atoms with Crippen molar-refractivity contribution in [1.29, 1.82) is 0 Å². The summed E-state index contributed by atoms with van der Waals surface area (Å²) in [5.74, 6) is -0.161. The topological polar surface area (TPSA) is 77.3 Å². The molecule has 2 heterocycles. The Balaban J connectivity index is 2.07. The Morgan fingerprint density at radius 3 is 2.61 bits per heavy atom. The van der Waals surface area contributed by atoms with E-state index in [4.69, 9.17) is 4.74 Å². The van der Waals surface area contributed by atoms with Gasteiger partial charge in [-0.05, 0) is 32.9 Å². The summed E-state index contributed by atoms with van der Waals surface area (Å²) < 4.78 is 6.66. The number of hydrogen-bond acceptors (Lipinski definition) is 5. The van der Waals surface area contributed by atoms with Gasteiger partial charge in [0.05, 0.1) is 11.9 Å². The molecule has 2 rings (SSSR count). The average molecular weight is 316 g/mol. The standard InChI is InChI=1S/C16H20N4O3/c1-4-19(5-2)15(21)11-23-16(22)13-10-18-20(12(13)3)14-8-6-7-9-17-14/h6-10H,4-5,11H2,1-3H3. The molecule has 7 nitrogen and oxygen atoms in total. The predicted molar refractivity (Wildman–Crippen MR) is 84.3 cm³/mol. The highest BCUT2D eigenvalue weighted by molar-refractivity contribution is 5.92. The summed E-state index contributed by atoms with van der Waals surface area (Å²) in [5.41, 5.74) is 0.937. The first-order valence-electron chi connectivity index (χ1n) is 7.49. The van der Waals surface area contributed by atoms with Crippen LogP contribution in [0.1, 0.15) is 29.9 Å². The quantitative estimate of drug-likeness (QED) is 0.757. The summed E-state index contributed by atoms with van der Waals surface area (Å²) in [5, 5.41) is 4.16. The molecule has 0 radical (unpaired) electrons. The Morgan fingerprint density at radius 2 is 2.00 bits per heavy atom. The number of ether oxygens (including phenoxy) is 1. The minimum Gasteiger partial charge on any atom is -0.452 e. The number of carbonyl (C=O) groups is 2. The van der Waals surface area contributed by atoms with Crippen molar-refractivity contribution in [3.05, 3.63) is 41.9 Å². The second kappa shape index (κ2) is 7.53. The maximum absolute atomic E-state index is 12.1. The largest absolute Gasteiger partial charge is 0.452 e. The van der Waals surface area contributed by atoms with Gasteiger partial charge in [-0.1, -0.05) is 6.07 Å². The second-order valence-corrected chi connectivity index (χ2v) is 4.89. The van der Waals surface area contributed by atoms with Gasteiger partial charge in [-0.3, -0.25) is 4.79 Å². The molecule has 0 saturated carbocycles. The summed E-state index contributed by atoms with van der Waals surface area (Å²) in [4.78, 5) is 29.8. The van der Waals surface area contributed by atoms with Crippen molar-refractivity contribution < 1.29 is 14.3 Å². The fourth-order valence-corrected chi connectivity index (χ4v) is 2.19. The summed E-state index contributed by atoms with van der Waals surface area (Å²) in [7, 11) is 0. The number of likely N-dealkylation sites (N-methyl/N-ethyl adjacent to an activating group) is 1. The zero-order valence-corrected chi connectivity index (χ0v) is 13.5. The first-order chi connectivity index (χ1) is 11.1. The summed E-state index contributed by atoms with van der Waals surface area (Å²) >= 11 is 0. The van der Waals surface area contributed by atoms with Crippen molar-refractivity contribution in [2.75, 3.05) is 19.7 Å². The molecule has 0 atom stereocenters. The highest BCUT2D eigenvalue weighted by Crippen LogP contribution is 2.13.